The highest BCUT2D eigenvalue weighted by atomic mass is 19.1. The minimum absolute atomic E-state index is 0.0241. The second-order valence-electron chi connectivity index (χ2n) is 8.13. The molecule has 0 spiro atoms. The van der Waals surface area contributed by atoms with Gasteiger partial charge in [-0.1, -0.05) is 12.1 Å². The lowest BCUT2D eigenvalue weighted by molar-refractivity contribution is -0.117. The summed E-state index contributed by atoms with van der Waals surface area (Å²) in [6.45, 7) is 2.85. The van der Waals surface area contributed by atoms with Crippen LogP contribution in [0.3, 0.4) is 0 Å². The molecule has 0 saturated carbocycles. The second-order valence-corrected chi connectivity index (χ2v) is 8.13. The molecule has 8 nitrogen and oxygen atoms in total. The summed E-state index contributed by atoms with van der Waals surface area (Å²) in [7, 11) is 0. The summed E-state index contributed by atoms with van der Waals surface area (Å²) >= 11 is 0. The number of nitrogens with zero attached hydrogens (tertiary/aromatic N) is 4. The fourth-order valence-corrected chi connectivity index (χ4v) is 4.50. The van der Waals surface area contributed by atoms with Crippen molar-refractivity contribution in [3.05, 3.63) is 71.3 Å². The van der Waals surface area contributed by atoms with Crippen molar-refractivity contribution in [3.63, 3.8) is 0 Å². The topological polar surface area (TPSA) is 84.7 Å². The Morgan fingerprint density at radius 2 is 1.71 bits per heavy atom. The average Bonchev–Trinajstić information content (AvgIpc) is 3.44. The number of rotatable bonds is 5. The molecule has 0 unspecified atom stereocenters. The smallest absolute Gasteiger partial charge is 0.359 e. The molecule has 9 heteroatoms. The summed E-state index contributed by atoms with van der Waals surface area (Å²) in [5, 5.41) is 4.31. The number of aromatic nitrogens is 2. The van der Waals surface area contributed by atoms with E-state index in [4.69, 9.17) is 4.74 Å². The Morgan fingerprint density at radius 1 is 1.00 bits per heavy atom. The van der Waals surface area contributed by atoms with E-state index >= 15 is 0 Å². The molecule has 0 radical (unpaired) electrons. The van der Waals surface area contributed by atoms with Gasteiger partial charge in [-0.2, -0.15) is 5.10 Å². The Labute approximate surface area is 195 Å². The standard InChI is InChI=1S/C25H23FN4O4/c1-2-34-25(33)22-18-13-15-29(17-11-9-16(10-12-17)28-14-5-8-21(28)31)24(32)23(18)30(27-22)20-7-4-3-6-19(20)26/h3-4,6-7,9-12H,2,5,8,13-15H2,1H3. The van der Waals surface area contributed by atoms with Crippen molar-refractivity contribution in [2.24, 2.45) is 0 Å². The van der Waals surface area contributed by atoms with Gasteiger partial charge in [-0.15, -0.1) is 0 Å². The first-order valence-electron chi connectivity index (χ1n) is 11.3. The van der Waals surface area contributed by atoms with Gasteiger partial charge in [-0.25, -0.2) is 13.9 Å². The van der Waals surface area contributed by atoms with Crippen LogP contribution in [0, 0.1) is 5.82 Å². The van der Waals surface area contributed by atoms with Crippen LogP contribution in [-0.2, 0) is 16.0 Å². The second kappa shape index (κ2) is 8.74. The molecule has 3 heterocycles. The van der Waals surface area contributed by atoms with E-state index in [9.17, 15) is 18.8 Å². The molecule has 1 aromatic heterocycles. The van der Waals surface area contributed by atoms with Gasteiger partial charge in [0, 0.05) is 36.4 Å². The molecule has 34 heavy (non-hydrogen) atoms. The van der Waals surface area contributed by atoms with Crippen molar-refractivity contribution in [2.75, 3.05) is 29.5 Å². The van der Waals surface area contributed by atoms with E-state index in [-0.39, 0.29) is 29.6 Å². The molecule has 2 aliphatic rings. The van der Waals surface area contributed by atoms with Gasteiger partial charge in [0.1, 0.15) is 17.2 Å². The summed E-state index contributed by atoms with van der Waals surface area (Å²) in [5.74, 6) is -1.51. The van der Waals surface area contributed by atoms with Crippen LogP contribution in [-0.4, -0.2) is 47.3 Å². The van der Waals surface area contributed by atoms with E-state index in [1.807, 2.05) is 12.1 Å². The Bertz CT molecular complexity index is 1280. The molecule has 5 rings (SSSR count). The van der Waals surface area contributed by atoms with Crippen molar-refractivity contribution in [3.8, 4) is 5.69 Å². The number of carbonyl (C=O) groups excluding carboxylic acids is 3. The van der Waals surface area contributed by atoms with Gasteiger partial charge >= 0.3 is 5.97 Å². The average molecular weight is 462 g/mol. The Balaban J connectivity index is 1.54. The number of esters is 1. The Morgan fingerprint density at radius 3 is 2.35 bits per heavy atom. The molecular formula is C25H23FN4O4. The molecule has 0 bridgehead atoms. The van der Waals surface area contributed by atoms with Gasteiger partial charge in [0.05, 0.1) is 6.61 Å². The van der Waals surface area contributed by atoms with E-state index in [0.29, 0.717) is 37.2 Å². The van der Waals surface area contributed by atoms with Gasteiger partial charge in [-0.05, 0) is 56.2 Å². The molecule has 2 amide bonds. The fourth-order valence-electron chi connectivity index (χ4n) is 4.50. The third-order valence-electron chi connectivity index (χ3n) is 6.11. The summed E-state index contributed by atoms with van der Waals surface area (Å²) in [5.41, 5.74) is 2.12. The van der Waals surface area contributed by atoms with E-state index in [1.54, 1.807) is 41.0 Å². The molecule has 1 fully saturated rings. The zero-order chi connectivity index (χ0) is 23.8. The molecule has 0 N–H and O–H groups in total. The van der Waals surface area contributed by atoms with Crippen LogP contribution in [0.2, 0.25) is 0 Å². The quantitative estimate of drug-likeness (QED) is 0.542. The molecule has 174 valence electrons. The number of ether oxygens (including phenoxy) is 1. The Kier molecular flexibility index (Phi) is 5.61. The lowest BCUT2D eigenvalue weighted by Gasteiger charge is -2.28. The normalized spacial score (nSPS) is 15.6. The third kappa shape index (κ3) is 3.63. The van der Waals surface area contributed by atoms with Crippen molar-refractivity contribution >= 4 is 29.2 Å². The molecule has 0 aliphatic carbocycles. The number of hydrogen-bond acceptors (Lipinski definition) is 5. The highest BCUT2D eigenvalue weighted by Crippen LogP contribution is 2.31. The minimum Gasteiger partial charge on any atom is -0.461 e. The maximum atomic E-state index is 14.6. The molecule has 2 aliphatic heterocycles. The Hall–Kier alpha value is -4.01. The summed E-state index contributed by atoms with van der Waals surface area (Å²) < 4.78 is 21.0. The number of carbonyl (C=O) groups is 3. The largest absolute Gasteiger partial charge is 0.461 e. The number of halogens is 1. The third-order valence-corrected chi connectivity index (χ3v) is 6.11. The summed E-state index contributed by atoms with van der Waals surface area (Å²) in [6.07, 6.45) is 1.73. The molecule has 2 aromatic carbocycles. The van der Waals surface area contributed by atoms with Crippen molar-refractivity contribution in [1.29, 1.82) is 0 Å². The van der Waals surface area contributed by atoms with E-state index < -0.39 is 17.7 Å². The van der Waals surface area contributed by atoms with Crippen LogP contribution in [0.5, 0.6) is 0 Å². The van der Waals surface area contributed by atoms with Crippen molar-refractivity contribution in [2.45, 2.75) is 26.2 Å². The van der Waals surface area contributed by atoms with Crippen LogP contribution in [0.25, 0.3) is 5.69 Å². The molecule has 1 saturated heterocycles. The summed E-state index contributed by atoms with van der Waals surface area (Å²) in [6, 6.07) is 13.2. The fraction of sp³-hybridized carbons (Fsp3) is 0.280. The molecular weight excluding hydrogens is 439 g/mol. The van der Waals surface area contributed by atoms with Gasteiger partial charge < -0.3 is 14.5 Å². The van der Waals surface area contributed by atoms with Crippen LogP contribution in [0.4, 0.5) is 15.8 Å². The predicted molar refractivity (Wildman–Crippen MR) is 123 cm³/mol. The lowest BCUT2D eigenvalue weighted by Crippen LogP contribution is -2.39. The van der Waals surface area contributed by atoms with E-state index in [1.165, 1.54) is 16.8 Å². The highest BCUT2D eigenvalue weighted by Gasteiger charge is 2.36. The highest BCUT2D eigenvalue weighted by molar-refractivity contribution is 6.09. The maximum absolute atomic E-state index is 14.6. The molecule has 3 aromatic rings. The van der Waals surface area contributed by atoms with Crippen LogP contribution in [0.15, 0.2) is 48.5 Å². The number of hydrogen-bond donors (Lipinski definition) is 0. The maximum Gasteiger partial charge on any atom is 0.359 e. The van der Waals surface area contributed by atoms with Gasteiger partial charge in [0.25, 0.3) is 5.91 Å². The number of anilines is 2. The molecule has 0 atom stereocenters. The predicted octanol–water partition coefficient (Wildman–Crippen LogP) is 3.52. The van der Waals surface area contributed by atoms with Gasteiger partial charge in [-0.3, -0.25) is 9.59 Å². The zero-order valence-electron chi connectivity index (χ0n) is 18.7. The number of benzene rings is 2. The van der Waals surface area contributed by atoms with Crippen molar-refractivity contribution in [1.82, 2.24) is 9.78 Å². The minimum atomic E-state index is -0.644. The van der Waals surface area contributed by atoms with Crippen LogP contribution < -0.4 is 9.80 Å². The van der Waals surface area contributed by atoms with Gasteiger partial charge in [0.15, 0.2) is 5.69 Å². The summed E-state index contributed by atoms with van der Waals surface area (Å²) in [4.78, 5) is 41.5. The van der Waals surface area contributed by atoms with Crippen LogP contribution >= 0.6 is 0 Å². The van der Waals surface area contributed by atoms with Crippen LogP contribution in [0.1, 0.15) is 46.3 Å². The zero-order valence-corrected chi connectivity index (χ0v) is 18.7. The van der Waals surface area contributed by atoms with Crippen molar-refractivity contribution < 1.29 is 23.5 Å². The number of fused-ring (bicyclic) bond motifs is 1. The van der Waals surface area contributed by atoms with E-state index in [0.717, 1.165) is 12.1 Å². The number of para-hydroxylation sites is 1. The monoisotopic (exact) mass is 462 g/mol. The first-order valence-corrected chi connectivity index (χ1v) is 11.3. The SMILES string of the molecule is CCOC(=O)c1nn(-c2ccccc2F)c2c1CCN(c1ccc(N3CCCC3=O)cc1)C2=O. The first-order chi connectivity index (χ1) is 16.5. The number of amides is 2. The van der Waals surface area contributed by atoms with Gasteiger partial charge in [0.2, 0.25) is 5.91 Å². The lowest BCUT2D eigenvalue weighted by atomic mass is 10.0. The van der Waals surface area contributed by atoms with E-state index in [2.05, 4.69) is 5.10 Å². The first kappa shape index (κ1) is 21.8.